The molecule has 0 fully saturated rings. The van der Waals surface area contributed by atoms with Crippen LogP contribution in [0, 0.1) is 11.3 Å². The molecule has 80 valence electrons. The van der Waals surface area contributed by atoms with E-state index in [0.29, 0.717) is 0 Å². The number of aromatic nitrogens is 1. The first-order chi connectivity index (χ1) is 7.69. The lowest BCUT2D eigenvalue weighted by atomic mass is 10.1. The molecule has 1 aromatic carbocycles. The third-order valence-corrected chi connectivity index (χ3v) is 2.82. The van der Waals surface area contributed by atoms with E-state index in [0.717, 1.165) is 22.9 Å². The van der Waals surface area contributed by atoms with Gasteiger partial charge in [0.05, 0.1) is 5.52 Å². The van der Waals surface area contributed by atoms with Crippen LogP contribution in [0.2, 0.25) is 0 Å². The van der Waals surface area contributed by atoms with Gasteiger partial charge in [-0.1, -0.05) is 25.1 Å². The van der Waals surface area contributed by atoms with Crippen molar-refractivity contribution < 1.29 is 0 Å². The normalized spacial score (nSPS) is 10.3. The largest absolute Gasteiger partial charge is 0.310 e. The summed E-state index contributed by atoms with van der Waals surface area (Å²) in [6.45, 7) is 2.05. The monoisotopic (exact) mass is 212 g/mol. The summed E-state index contributed by atoms with van der Waals surface area (Å²) < 4.78 is 1.56. The zero-order valence-corrected chi connectivity index (χ0v) is 9.32. The van der Waals surface area contributed by atoms with E-state index in [1.54, 1.807) is 17.7 Å². The van der Waals surface area contributed by atoms with Crippen molar-refractivity contribution in [1.29, 1.82) is 5.26 Å². The number of fused-ring (bicyclic) bond motifs is 1. The quantitative estimate of drug-likeness (QED) is 0.725. The zero-order chi connectivity index (χ0) is 11.7. The van der Waals surface area contributed by atoms with Crippen LogP contribution >= 0.6 is 0 Å². The van der Waals surface area contributed by atoms with Gasteiger partial charge < -0.3 is 4.57 Å². The second kappa shape index (κ2) is 3.82. The van der Waals surface area contributed by atoms with Crippen LogP contribution in [0.15, 0.2) is 29.1 Å². The van der Waals surface area contributed by atoms with Crippen LogP contribution in [-0.4, -0.2) is 4.57 Å². The SMILES string of the molecule is CCc1cccc2cc(C#N)c(=O)n(C)c12. The lowest BCUT2D eigenvalue weighted by molar-refractivity contribution is 0.891. The molecular formula is C13H12N2O. The average molecular weight is 212 g/mol. The Bertz CT molecular complexity index is 647. The minimum Gasteiger partial charge on any atom is -0.310 e. The lowest BCUT2D eigenvalue weighted by Crippen LogP contribution is -2.20. The zero-order valence-electron chi connectivity index (χ0n) is 9.32. The van der Waals surface area contributed by atoms with Gasteiger partial charge in [-0.2, -0.15) is 5.26 Å². The Labute approximate surface area is 93.6 Å². The van der Waals surface area contributed by atoms with Gasteiger partial charge >= 0.3 is 0 Å². The van der Waals surface area contributed by atoms with Crippen molar-refractivity contribution in [3.05, 3.63) is 45.7 Å². The summed E-state index contributed by atoms with van der Waals surface area (Å²) in [6, 6.07) is 9.48. The molecule has 0 aliphatic rings. The van der Waals surface area contributed by atoms with Gasteiger partial charge in [-0.25, -0.2) is 0 Å². The molecule has 0 bridgehead atoms. The van der Waals surface area contributed by atoms with E-state index in [9.17, 15) is 4.79 Å². The van der Waals surface area contributed by atoms with Gasteiger partial charge in [-0.3, -0.25) is 4.79 Å². The van der Waals surface area contributed by atoms with E-state index in [1.807, 2.05) is 24.3 Å². The molecule has 0 saturated carbocycles. The van der Waals surface area contributed by atoms with Crippen molar-refractivity contribution in [1.82, 2.24) is 4.57 Å². The van der Waals surface area contributed by atoms with Gasteiger partial charge in [0.15, 0.2) is 0 Å². The lowest BCUT2D eigenvalue weighted by Gasteiger charge is -2.09. The number of benzene rings is 1. The summed E-state index contributed by atoms with van der Waals surface area (Å²) in [5, 5.41) is 9.81. The maximum Gasteiger partial charge on any atom is 0.268 e. The molecule has 1 aromatic heterocycles. The molecule has 16 heavy (non-hydrogen) atoms. The Hall–Kier alpha value is -2.08. The molecule has 0 aliphatic heterocycles. The molecule has 0 amide bonds. The Morgan fingerprint density at radius 3 is 2.81 bits per heavy atom. The Morgan fingerprint density at radius 2 is 2.19 bits per heavy atom. The van der Waals surface area contributed by atoms with Gasteiger partial charge in [0, 0.05) is 12.4 Å². The van der Waals surface area contributed by atoms with E-state index in [-0.39, 0.29) is 11.1 Å². The van der Waals surface area contributed by atoms with E-state index in [4.69, 9.17) is 5.26 Å². The maximum absolute atomic E-state index is 11.8. The summed E-state index contributed by atoms with van der Waals surface area (Å²) >= 11 is 0. The minimum atomic E-state index is -0.226. The van der Waals surface area contributed by atoms with Crippen LogP contribution in [0.25, 0.3) is 10.9 Å². The topological polar surface area (TPSA) is 45.8 Å². The van der Waals surface area contributed by atoms with Gasteiger partial charge in [-0.05, 0) is 18.1 Å². The highest BCUT2D eigenvalue weighted by Crippen LogP contribution is 2.18. The first-order valence-corrected chi connectivity index (χ1v) is 5.20. The van der Waals surface area contributed by atoms with E-state index < -0.39 is 0 Å². The third-order valence-electron chi connectivity index (χ3n) is 2.82. The van der Waals surface area contributed by atoms with E-state index >= 15 is 0 Å². The number of rotatable bonds is 1. The average Bonchev–Trinajstić information content (AvgIpc) is 2.32. The standard InChI is InChI=1S/C13H12N2O/c1-3-9-5-4-6-10-7-11(8-14)13(16)15(2)12(9)10/h4-7H,3H2,1-2H3. The molecule has 1 heterocycles. The second-order valence-electron chi connectivity index (χ2n) is 3.74. The van der Waals surface area contributed by atoms with Crippen molar-refractivity contribution in [2.75, 3.05) is 0 Å². The highest BCUT2D eigenvalue weighted by Gasteiger charge is 2.08. The fourth-order valence-electron chi connectivity index (χ4n) is 2.00. The minimum absolute atomic E-state index is 0.197. The van der Waals surface area contributed by atoms with Crippen molar-refractivity contribution >= 4 is 10.9 Å². The molecule has 0 unspecified atom stereocenters. The first-order valence-electron chi connectivity index (χ1n) is 5.20. The summed E-state index contributed by atoms with van der Waals surface area (Å²) in [5.74, 6) is 0. The van der Waals surface area contributed by atoms with Gasteiger partial charge in [-0.15, -0.1) is 0 Å². The Balaban J connectivity index is 3.00. The summed E-state index contributed by atoms with van der Waals surface area (Å²) in [4.78, 5) is 11.8. The van der Waals surface area contributed by atoms with Crippen LogP contribution in [0.3, 0.4) is 0 Å². The first kappa shape index (κ1) is 10.4. The van der Waals surface area contributed by atoms with E-state index in [1.165, 1.54) is 0 Å². The number of pyridine rings is 1. The molecule has 0 atom stereocenters. The summed E-state index contributed by atoms with van der Waals surface area (Å²) in [6.07, 6.45) is 0.872. The number of hydrogen-bond acceptors (Lipinski definition) is 2. The molecule has 0 N–H and O–H groups in total. The fourth-order valence-corrected chi connectivity index (χ4v) is 2.00. The Kier molecular flexibility index (Phi) is 2.49. The molecule has 0 spiro atoms. The van der Waals surface area contributed by atoms with Crippen LogP contribution in [0.4, 0.5) is 0 Å². The number of para-hydroxylation sites is 1. The van der Waals surface area contributed by atoms with Gasteiger partial charge in [0.2, 0.25) is 0 Å². The smallest absolute Gasteiger partial charge is 0.268 e. The predicted molar refractivity (Wildman–Crippen MR) is 63.3 cm³/mol. The van der Waals surface area contributed by atoms with Crippen molar-refractivity contribution in [3.8, 4) is 6.07 Å². The summed E-state index contributed by atoms with van der Waals surface area (Å²) in [7, 11) is 1.71. The molecular weight excluding hydrogens is 200 g/mol. The number of aryl methyl sites for hydroxylation is 2. The predicted octanol–water partition coefficient (Wildman–Crippen LogP) is 1.97. The van der Waals surface area contributed by atoms with Crippen LogP contribution in [0.5, 0.6) is 0 Å². The number of nitriles is 1. The molecule has 2 rings (SSSR count). The van der Waals surface area contributed by atoms with Crippen LogP contribution < -0.4 is 5.56 Å². The van der Waals surface area contributed by atoms with Crippen molar-refractivity contribution in [2.24, 2.45) is 7.05 Å². The van der Waals surface area contributed by atoms with Gasteiger partial charge in [0.25, 0.3) is 5.56 Å². The molecule has 0 saturated heterocycles. The van der Waals surface area contributed by atoms with Crippen molar-refractivity contribution in [2.45, 2.75) is 13.3 Å². The molecule has 0 aliphatic carbocycles. The number of hydrogen-bond donors (Lipinski definition) is 0. The molecule has 3 nitrogen and oxygen atoms in total. The molecule has 0 radical (unpaired) electrons. The summed E-state index contributed by atoms with van der Waals surface area (Å²) in [5.41, 5.74) is 2.02. The number of nitrogens with zero attached hydrogens (tertiary/aromatic N) is 2. The van der Waals surface area contributed by atoms with E-state index in [2.05, 4.69) is 6.92 Å². The molecule has 2 aromatic rings. The highest BCUT2D eigenvalue weighted by atomic mass is 16.1. The fraction of sp³-hybridized carbons (Fsp3) is 0.231. The highest BCUT2D eigenvalue weighted by molar-refractivity contribution is 5.83. The van der Waals surface area contributed by atoms with Crippen molar-refractivity contribution in [3.63, 3.8) is 0 Å². The Morgan fingerprint density at radius 1 is 1.44 bits per heavy atom. The maximum atomic E-state index is 11.8. The van der Waals surface area contributed by atoms with Crippen LogP contribution in [0.1, 0.15) is 18.1 Å². The van der Waals surface area contributed by atoms with Crippen LogP contribution in [-0.2, 0) is 13.5 Å². The van der Waals surface area contributed by atoms with Gasteiger partial charge in [0.1, 0.15) is 11.6 Å². The third kappa shape index (κ3) is 1.40. The molecule has 3 heteroatoms. The second-order valence-corrected chi connectivity index (χ2v) is 3.74.